The van der Waals surface area contributed by atoms with Crippen LogP contribution in [0.15, 0.2) is 34.9 Å². The van der Waals surface area contributed by atoms with E-state index < -0.39 is 0 Å². The fourth-order valence-electron chi connectivity index (χ4n) is 2.86. The van der Waals surface area contributed by atoms with Gasteiger partial charge in [0.2, 0.25) is 11.8 Å². The predicted molar refractivity (Wildman–Crippen MR) is 81.0 cm³/mol. The number of carbonyl (C=O) groups excluding carboxylic acids is 1. The summed E-state index contributed by atoms with van der Waals surface area (Å²) in [5.41, 5.74) is 1.15. The number of likely N-dealkylation sites (tertiary alicyclic amines) is 1. The Labute approximate surface area is 129 Å². The lowest BCUT2D eigenvalue weighted by atomic mass is 10.1. The fraction of sp³-hybridized carbons (Fsp3) is 0.438. The molecule has 1 aliphatic rings. The van der Waals surface area contributed by atoms with Crippen LogP contribution in [0.1, 0.15) is 30.1 Å². The zero-order valence-electron chi connectivity index (χ0n) is 12.7. The summed E-state index contributed by atoms with van der Waals surface area (Å²) >= 11 is 0. The number of nitrogens with zero attached hydrogens (tertiary/aromatic N) is 3. The first-order valence-electron chi connectivity index (χ1n) is 7.57. The van der Waals surface area contributed by atoms with Gasteiger partial charge < -0.3 is 9.84 Å². The Kier molecular flexibility index (Phi) is 4.48. The zero-order chi connectivity index (χ0) is 15.4. The number of amides is 1. The van der Waals surface area contributed by atoms with Crippen LogP contribution < -0.4 is 5.32 Å². The van der Waals surface area contributed by atoms with Gasteiger partial charge in [0.25, 0.3) is 0 Å². The molecule has 0 spiro atoms. The van der Waals surface area contributed by atoms with Crippen LogP contribution in [0.3, 0.4) is 0 Å². The molecule has 1 saturated heterocycles. The molecule has 1 N–H and O–H groups in total. The summed E-state index contributed by atoms with van der Waals surface area (Å²) in [5, 5.41) is 6.74. The van der Waals surface area contributed by atoms with Crippen LogP contribution in [0, 0.1) is 0 Å². The van der Waals surface area contributed by atoms with Crippen molar-refractivity contribution in [1.82, 2.24) is 20.4 Å². The molecule has 1 atom stereocenters. The molecule has 6 nitrogen and oxygen atoms in total. The fourth-order valence-corrected chi connectivity index (χ4v) is 2.86. The molecule has 2 heterocycles. The molecule has 1 amide bonds. The molecule has 0 bridgehead atoms. The molecule has 1 fully saturated rings. The lowest BCUT2D eigenvalue weighted by Crippen LogP contribution is -2.41. The molecule has 1 aromatic heterocycles. The van der Waals surface area contributed by atoms with Gasteiger partial charge in [0, 0.05) is 13.5 Å². The largest absolute Gasteiger partial charge is 0.358 e. The molecule has 116 valence electrons. The summed E-state index contributed by atoms with van der Waals surface area (Å²) in [7, 11) is 1.67. The van der Waals surface area contributed by atoms with Crippen molar-refractivity contribution in [3.05, 3.63) is 47.6 Å². The second-order valence-corrected chi connectivity index (χ2v) is 5.51. The van der Waals surface area contributed by atoms with E-state index in [1.54, 1.807) is 7.05 Å². The number of likely N-dealkylation sites (N-methyl/N-ethyl adjacent to an activating group) is 1. The highest BCUT2D eigenvalue weighted by Gasteiger charge is 2.31. The van der Waals surface area contributed by atoms with Gasteiger partial charge in [-0.2, -0.15) is 4.98 Å². The first kappa shape index (κ1) is 14.7. The maximum atomic E-state index is 11.8. The van der Waals surface area contributed by atoms with Gasteiger partial charge in [-0.25, -0.2) is 0 Å². The summed E-state index contributed by atoms with van der Waals surface area (Å²) < 4.78 is 5.33. The molecule has 22 heavy (non-hydrogen) atoms. The average Bonchev–Trinajstić information content (AvgIpc) is 3.18. The van der Waals surface area contributed by atoms with E-state index >= 15 is 0 Å². The highest BCUT2D eigenvalue weighted by atomic mass is 16.5. The van der Waals surface area contributed by atoms with Crippen molar-refractivity contribution in [2.24, 2.45) is 0 Å². The minimum absolute atomic E-state index is 0.0570. The molecule has 1 aromatic carbocycles. The van der Waals surface area contributed by atoms with E-state index in [9.17, 15) is 4.79 Å². The normalized spacial score (nSPS) is 18.5. The Balaban J connectivity index is 1.63. The summed E-state index contributed by atoms with van der Waals surface area (Å²) in [5.74, 6) is 1.31. The number of aromatic nitrogens is 2. The molecule has 2 aromatic rings. The lowest BCUT2D eigenvalue weighted by Gasteiger charge is -2.20. The number of carbonyl (C=O) groups is 1. The van der Waals surface area contributed by atoms with Crippen molar-refractivity contribution >= 4 is 5.91 Å². The van der Waals surface area contributed by atoms with Gasteiger partial charge in [0.1, 0.15) is 0 Å². The topological polar surface area (TPSA) is 71.3 Å². The summed E-state index contributed by atoms with van der Waals surface area (Å²) in [6, 6.07) is 9.96. The van der Waals surface area contributed by atoms with Gasteiger partial charge in [-0.05, 0) is 24.9 Å². The van der Waals surface area contributed by atoms with E-state index in [1.165, 1.54) is 0 Å². The third kappa shape index (κ3) is 3.33. The molecule has 3 rings (SSSR count). The SMILES string of the molecule is CNC(=O)[C@@H]1CCCN1Cc1nc(Cc2ccccc2)no1. The van der Waals surface area contributed by atoms with Gasteiger partial charge in [0.05, 0.1) is 12.6 Å². The zero-order valence-corrected chi connectivity index (χ0v) is 12.7. The lowest BCUT2D eigenvalue weighted by molar-refractivity contribution is -0.125. The van der Waals surface area contributed by atoms with Crippen molar-refractivity contribution < 1.29 is 9.32 Å². The molecule has 1 aliphatic heterocycles. The van der Waals surface area contributed by atoms with Crippen LogP contribution >= 0.6 is 0 Å². The number of hydrogen-bond donors (Lipinski definition) is 1. The van der Waals surface area contributed by atoms with Crippen molar-refractivity contribution in [2.45, 2.75) is 31.8 Å². The van der Waals surface area contributed by atoms with Gasteiger partial charge in [-0.3, -0.25) is 9.69 Å². The van der Waals surface area contributed by atoms with Gasteiger partial charge in [0.15, 0.2) is 5.82 Å². The standard InChI is InChI=1S/C16H20N4O2/c1-17-16(21)13-8-5-9-20(13)11-15-18-14(19-22-15)10-12-6-3-2-4-7-12/h2-4,6-7,13H,5,8-11H2,1H3,(H,17,21)/t13-/m0/s1. The summed E-state index contributed by atoms with van der Waals surface area (Å²) in [6.07, 6.45) is 2.55. The van der Waals surface area contributed by atoms with Crippen LogP contribution in [-0.4, -0.2) is 40.6 Å². The predicted octanol–water partition coefficient (Wildman–Crippen LogP) is 1.37. The van der Waals surface area contributed by atoms with Crippen LogP contribution in [0.25, 0.3) is 0 Å². The van der Waals surface area contributed by atoms with Gasteiger partial charge in [-0.1, -0.05) is 35.5 Å². The number of nitrogens with one attached hydrogen (secondary N) is 1. The van der Waals surface area contributed by atoms with E-state index in [0.29, 0.717) is 24.7 Å². The monoisotopic (exact) mass is 300 g/mol. The van der Waals surface area contributed by atoms with Crippen LogP contribution in [0.2, 0.25) is 0 Å². The van der Waals surface area contributed by atoms with E-state index in [0.717, 1.165) is 24.9 Å². The van der Waals surface area contributed by atoms with E-state index in [-0.39, 0.29) is 11.9 Å². The second-order valence-electron chi connectivity index (χ2n) is 5.51. The minimum atomic E-state index is -0.0885. The molecule has 0 aliphatic carbocycles. The Morgan fingerprint density at radius 3 is 3.00 bits per heavy atom. The smallest absolute Gasteiger partial charge is 0.240 e. The molecular weight excluding hydrogens is 280 g/mol. The maximum absolute atomic E-state index is 11.8. The Morgan fingerprint density at radius 1 is 1.41 bits per heavy atom. The van der Waals surface area contributed by atoms with E-state index in [4.69, 9.17) is 4.52 Å². The van der Waals surface area contributed by atoms with Crippen LogP contribution in [0.5, 0.6) is 0 Å². The third-order valence-electron chi connectivity index (χ3n) is 3.97. The molecule has 0 radical (unpaired) electrons. The highest BCUT2D eigenvalue weighted by Crippen LogP contribution is 2.19. The Bertz CT molecular complexity index is 626. The van der Waals surface area contributed by atoms with Crippen molar-refractivity contribution in [3.63, 3.8) is 0 Å². The van der Waals surface area contributed by atoms with Crippen molar-refractivity contribution in [1.29, 1.82) is 0 Å². The third-order valence-corrected chi connectivity index (χ3v) is 3.97. The Hall–Kier alpha value is -2.21. The van der Waals surface area contributed by atoms with Crippen LogP contribution in [0.4, 0.5) is 0 Å². The highest BCUT2D eigenvalue weighted by molar-refractivity contribution is 5.81. The Morgan fingerprint density at radius 2 is 2.23 bits per heavy atom. The van der Waals surface area contributed by atoms with E-state index in [1.807, 2.05) is 30.3 Å². The summed E-state index contributed by atoms with van der Waals surface area (Å²) in [4.78, 5) is 18.4. The number of rotatable bonds is 5. The molecular formula is C16H20N4O2. The first-order valence-corrected chi connectivity index (χ1v) is 7.57. The van der Waals surface area contributed by atoms with E-state index in [2.05, 4.69) is 20.4 Å². The number of benzene rings is 1. The molecule has 6 heteroatoms. The summed E-state index contributed by atoms with van der Waals surface area (Å²) in [6.45, 7) is 1.41. The van der Waals surface area contributed by atoms with Gasteiger partial charge in [-0.15, -0.1) is 0 Å². The number of hydrogen-bond acceptors (Lipinski definition) is 5. The quantitative estimate of drug-likeness (QED) is 0.903. The average molecular weight is 300 g/mol. The van der Waals surface area contributed by atoms with Gasteiger partial charge >= 0.3 is 0 Å². The van der Waals surface area contributed by atoms with Crippen LogP contribution in [-0.2, 0) is 17.8 Å². The molecule has 0 saturated carbocycles. The first-order chi connectivity index (χ1) is 10.8. The minimum Gasteiger partial charge on any atom is -0.358 e. The second kappa shape index (κ2) is 6.70. The van der Waals surface area contributed by atoms with Crippen molar-refractivity contribution in [3.8, 4) is 0 Å². The maximum Gasteiger partial charge on any atom is 0.240 e. The van der Waals surface area contributed by atoms with Crippen molar-refractivity contribution in [2.75, 3.05) is 13.6 Å². The molecule has 0 unspecified atom stereocenters.